The van der Waals surface area contributed by atoms with Crippen molar-refractivity contribution in [2.75, 3.05) is 39.3 Å². The Morgan fingerprint density at radius 1 is 0.857 bits per heavy atom. The Morgan fingerprint density at radius 2 is 1.34 bits per heavy atom. The summed E-state index contributed by atoms with van der Waals surface area (Å²) in [6, 6.07) is -2.03. The Kier molecular flexibility index (Phi) is 19.4. The number of nitrogens with one attached hydrogen (secondary N) is 2. The first-order valence-corrected chi connectivity index (χ1v) is 21.4. The summed E-state index contributed by atoms with van der Waals surface area (Å²) in [4.78, 5) is 42.4. The molecule has 2 saturated heterocycles. The molecule has 3 heterocycles. The van der Waals surface area contributed by atoms with Gasteiger partial charge in [0, 0.05) is 13.0 Å². The molecule has 19 heteroatoms. The third kappa shape index (κ3) is 17.7. The molecule has 3 rings (SSSR count). The zero-order valence-corrected chi connectivity index (χ0v) is 36.2. The third-order valence-corrected chi connectivity index (χ3v) is 9.38. The van der Waals surface area contributed by atoms with Crippen LogP contribution in [0.1, 0.15) is 151 Å². The van der Waals surface area contributed by atoms with E-state index in [0.717, 1.165) is 0 Å². The molecular weight excluding hydrogens is 749 g/mol. The highest BCUT2D eigenvalue weighted by molar-refractivity contribution is 7.80. The molecule has 1 aromatic heterocycles. The lowest BCUT2D eigenvalue weighted by molar-refractivity contribution is -0.929. The zero-order chi connectivity index (χ0) is 42.2. The highest BCUT2D eigenvalue weighted by Gasteiger charge is 2.48. The van der Waals surface area contributed by atoms with E-state index in [2.05, 4.69) is 57.8 Å². The molecule has 2 fully saturated rings. The van der Waals surface area contributed by atoms with E-state index in [1.165, 1.54) is 86.9 Å². The molecule has 322 valence electrons. The van der Waals surface area contributed by atoms with E-state index in [1.807, 2.05) is 0 Å². The van der Waals surface area contributed by atoms with E-state index in [9.17, 15) is 27.4 Å². The maximum atomic E-state index is 12.6. The molecule has 18 nitrogen and oxygen atoms in total. The summed E-state index contributed by atoms with van der Waals surface area (Å²) in [7, 11) is -5.11. The Bertz CT molecular complexity index is 1450. The van der Waals surface area contributed by atoms with Crippen LogP contribution in [-0.4, -0.2) is 118 Å². The Morgan fingerprint density at radius 3 is 1.77 bits per heavy atom. The van der Waals surface area contributed by atoms with Gasteiger partial charge in [-0.1, -0.05) is 53.4 Å². The van der Waals surface area contributed by atoms with E-state index in [0.29, 0.717) is 17.9 Å². The quantitative estimate of drug-likeness (QED) is 0.0544. The minimum atomic E-state index is -5.11. The molecule has 2 aliphatic rings. The van der Waals surface area contributed by atoms with Crippen molar-refractivity contribution in [2.24, 2.45) is 4.99 Å². The van der Waals surface area contributed by atoms with Crippen molar-refractivity contribution in [2.45, 2.75) is 163 Å². The van der Waals surface area contributed by atoms with Crippen LogP contribution in [0.15, 0.2) is 9.41 Å². The number of hydrogen-bond donors (Lipinski definition) is 2. The molecule has 0 aromatic carbocycles. The lowest BCUT2D eigenvalue weighted by Crippen LogP contribution is -2.50. The van der Waals surface area contributed by atoms with Gasteiger partial charge < -0.3 is 27.8 Å². The molecular formula is C37H68N8O10S. The average molecular weight is 817 g/mol. The topological polar surface area (TPSA) is 218 Å². The normalized spacial score (nSPS) is 17.2. The van der Waals surface area contributed by atoms with Crippen molar-refractivity contribution < 1.29 is 50.0 Å². The van der Waals surface area contributed by atoms with Crippen LogP contribution in [0.4, 0.5) is 14.4 Å². The number of piperidine rings is 1. The fourth-order valence-corrected chi connectivity index (χ4v) is 6.79. The van der Waals surface area contributed by atoms with Gasteiger partial charge >= 0.3 is 18.2 Å². The monoisotopic (exact) mass is 816 g/mol. The van der Waals surface area contributed by atoms with Gasteiger partial charge in [-0.2, -0.15) is 9.35 Å². The molecule has 4 amide bonds. The predicted octanol–water partition coefficient (Wildman–Crippen LogP) is 6.35. The standard InChI is InChI=1S/C21H33N7O10S.C16H36N/c1-20(2,3)36-17(29)23-16(24-18(30)37-21(4,5)6)22-10-9-14-25-26-15(35-14)13-8-7-12-11-27(13)19(31)28(12)38-39(32,33)34;1-5-9-13-17(14-10-6-2,15-11-7-3)16-12-8-4/h12-13H,7-11H2,1-6H3,(H,32,33,34)(H2,22,23,24,29,30);5-16H2,1-4H3/q;+1/p-1/t12-,13+;/m1./s1. The van der Waals surface area contributed by atoms with Crippen molar-refractivity contribution in [1.82, 2.24) is 30.8 Å². The van der Waals surface area contributed by atoms with Gasteiger partial charge in [-0.15, -0.1) is 10.2 Å². The van der Waals surface area contributed by atoms with E-state index >= 15 is 0 Å². The molecule has 1 aromatic rings. The molecule has 2 bridgehead atoms. The van der Waals surface area contributed by atoms with Crippen LogP contribution in [0.5, 0.6) is 0 Å². The number of alkyl carbamates (subject to hydrolysis) is 2. The number of ether oxygens (including phenoxy) is 2. The number of rotatable bonds is 18. The third-order valence-electron chi connectivity index (χ3n) is 9.04. The first kappa shape index (κ1) is 48.6. The van der Waals surface area contributed by atoms with Gasteiger partial charge in [0.1, 0.15) is 17.2 Å². The van der Waals surface area contributed by atoms with Gasteiger partial charge in [-0.3, -0.25) is 15.6 Å². The minimum Gasteiger partial charge on any atom is -0.724 e. The number of nitrogens with zero attached hydrogens (tertiary/aromatic N) is 6. The maximum Gasteiger partial charge on any atom is 0.414 e. The van der Waals surface area contributed by atoms with Gasteiger partial charge in [0.2, 0.25) is 28.1 Å². The molecule has 2 atom stereocenters. The lowest BCUT2D eigenvalue weighted by Gasteiger charge is -2.39. The summed E-state index contributed by atoms with van der Waals surface area (Å²) in [5.41, 5.74) is -1.58. The van der Waals surface area contributed by atoms with Crippen LogP contribution >= 0.6 is 0 Å². The van der Waals surface area contributed by atoms with Gasteiger partial charge in [0.05, 0.1) is 38.8 Å². The number of carbonyl (C=O) groups excluding carboxylic acids is 3. The minimum absolute atomic E-state index is 0.000918. The van der Waals surface area contributed by atoms with Gasteiger partial charge in [0.15, 0.2) is 0 Å². The summed E-state index contributed by atoms with van der Waals surface area (Å²) in [6.45, 7) is 25.2. The van der Waals surface area contributed by atoms with Crippen molar-refractivity contribution in [3.63, 3.8) is 0 Å². The van der Waals surface area contributed by atoms with E-state index in [-0.39, 0.29) is 37.3 Å². The molecule has 0 spiro atoms. The number of aliphatic imine (C=N–C) groups is 1. The number of fused-ring (bicyclic) bond motifs is 2. The van der Waals surface area contributed by atoms with E-state index < -0.39 is 51.9 Å². The smallest absolute Gasteiger partial charge is 0.414 e. The number of hydroxylamine groups is 2. The Balaban J connectivity index is 0.000000536. The maximum absolute atomic E-state index is 12.6. The molecule has 56 heavy (non-hydrogen) atoms. The van der Waals surface area contributed by atoms with Gasteiger partial charge in [-0.05, 0) is 80.1 Å². The zero-order valence-electron chi connectivity index (χ0n) is 35.3. The summed E-state index contributed by atoms with van der Waals surface area (Å²) >= 11 is 0. The molecule has 2 N–H and O–H groups in total. The largest absolute Gasteiger partial charge is 0.724 e. The molecule has 0 saturated carbocycles. The van der Waals surface area contributed by atoms with Crippen molar-refractivity contribution >= 4 is 34.6 Å². The molecule has 0 aliphatic carbocycles. The van der Waals surface area contributed by atoms with Crippen LogP contribution in [-0.2, 0) is 30.6 Å². The van der Waals surface area contributed by atoms with Crippen LogP contribution in [0.25, 0.3) is 0 Å². The van der Waals surface area contributed by atoms with Gasteiger partial charge in [-0.25, -0.2) is 22.8 Å². The summed E-state index contributed by atoms with van der Waals surface area (Å²) in [6.07, 6.45) is 10.2. The first-order valence-electron chi connectivity index (χ1n) is 20.1. The van der Waals surface area contributed by atoms with Crippen LogP contribution in [0.3, 0.4) is 0 Å². The van der Waals surface area contributed by atoms with Crippen molar-refractivity contribution in [3.8, 4) is 0 Å². The number of hydrogen-bond acceptors (Lipinski definition) is 13. The SMILES string of the molecule is CC(C)(C)OC(=O)NC(=NCCc1nnc([C@@H]2CC[C@@H]3CN2C(=O)N3OS(=O)(=O)[O-])o1)NC(=O)OC(C)(C)C.CCCC[N+](CCCC)(CCCC)CCCC. The highest BCUT2D eigenvalue weighted by Crippen LogP contribution is 2.38. The van der Waals surface area contributed by atoms with E-state index in [4.69, 9.17) is 13.9 Å². The molecule has 0 radical (unpaired) electrons. The summed E-state index contributed by atoms with van der Waals surface area (Å²) in [5.74, 6) is 0.0610. The van der Waals surface area contributed by atoms with Crippen LogP contribution in [0, 0.1) is 0 Å². The molecule has 0 unspecified atom stereocenters. The summed E-state index contributed by atoms with van der Waals surface area (Å²) in [5, 5.41) is 13.2. The Hall–Kier alpha value is -3.55. The fourth-order valence-electron chi connectivity index (χ4n) is 6.41. The second-order valence-electron chi connectivity index (χ2n) is 16.4. The summed E-state index contributed by atoms with van der Waals surface area (Å²) < 4.78 is 54.7. The number of aromatic nitrogens is 2. The van der Waals surface area contributed by atoms with Crippen LogP contribution < -0.4 is 10.6 Å². The number of amides is 4. The molecule has 2 aliphatic heterocycles. The number of urea groups is 1. The number of unbranched alkanes of at least 4 members (excludes halogenated alkanes) is 4. The average Bonchev–Trinajstić information content (AvgIpc) is 3.64. The first-order chi connectivity index (χ1) is 26.1. The second-order valence-corrected chi connectivity index (χ2v) is 17.4. The number of carbonyl (C=O) groups is 3. The van der Waals surface area contributed by atoms with E-state index in [1.54, 1.807) is 41.5 Å². The number of guanidine groups is 1. The number of quaternary nitrogens is 1. The fraction of sp³-hybridized carbons (Fsp3) is 0.838. The van der Waals surface area contributed by atoms with Gasteiger partial charge in [0.25, 0.3) is 0 Å². The lowest BCUT2D eigenvalue weighted by atomic mass is 10.0. The van der Waals surface area contributed by atoms with Crippen LogP contribution in [0.2, 0.25) is 0 Å². The highest BCUT2D eigenvalue weighted by atomic mass is 32.3. The Labute approximate surface area is 334 Å². The predicted molar refractivity (Wildman–Crippen MR) is 209 cm³/mol. The van der Waals surface area contributed by atoms with Crippen molar-refractivity contribution in [1.29, 1.82) is 0 Å². The second kappa shape index (κ2) is 22.4. The van der Waals surface area contributed by atoms with Crippen molar-refractivity contribution in [3.05, 3.63) is 11.8 Å².